The molecule has 1 aliphatic rings. The molecule has 1 saturated heterocycles. The second kappa shape index (κ2) is 9.95. The Kier molecular flexibility index (Phi) is 6.70. The van der Waals surface area contributed by atoms with Crippen molar-refractivity contribution in [1.82, 2.24) is 19.9 Å². The zero-order valence-corrected chi connectivity index (χ0v) is 22.4. The van der Waals surface area contributed by atoms with Gasteiger partial charge in [0.25, 0.3) is 0 Å². The van der Waals surface area contributed by atoms with Gasteiger partial charge < -0.3 is 14.8 Å². The third kappa shape index (κ3) is 5.21. The Labute approximate surface area is 222 Å². The highest BCUT2D eigenvalue weighted by atomic mass is 32.2. The van der Waals surface area contributed by atoms with E-state index in [1.54, 1.807) is 18.3 Å². The summed E-state index contributed by atoms with van der Waals surface area (Å²) >= 11 is 5.85. The molecule has 1 fully saturated rings. The lowest BCUT2D eigenvalue weighted by Crippen LogP contribution is -2.29. The molecule has 0 saturated carbocycles. The van der Waals surface area contributed by atoms with Crippen molar-refractivity contribution in [3.05, 3.63) is 107 Å². The number of thiocarbonyl (C=S) groups is 1. The zero-order valence-electron chi connectivity index (χ0n) is 20.8. The number of sulfonamides is 1. The molecule has 190 valence electrons. The summed E-state index contributed by atoms with van der Waals surface area (Å²) in [6.07, 6.45) is 6.55. The maximum atomic E-state index is 11.7. The van der Waals surface area contributed by atoms with Crippen molar-refractivity contribution in [3.8, 4) is 0 Å². The van der Waals surface area contributed by atoms with Crippen molar-refractivity contribution in [3.63, 3.8) is 0 Å². The Morgan fingerprint density at radius 1 is 1.03 bits per heavy atom. The molecule has 3 aromatic heterocycles. The van der Waals surface area contributed by atoms with Crippen LogP contribution < -0.4 is 14.9 Å². The van der Waals surface area contributed by atoms with E-state index < -0.39 is 10.0 Å². The van der Waals surface area contributed by atoms with E-state index in [1.807, 2.05) is 54.9 Å². The van der Waals surface area contributed by atoms with Crippen molar-refractivity contribution < 1.29 is 8.42 Å². The minimum Gasteiger partial charge on any atom is -0.351 e. The van der Waals surface area contributed by atoms with Gasteiger partial charge in [0.15, 0.2) is 5.11 Å². The van der Waals surface area contributed by atoms with Crippen LogP contribution in [0, 0.1) is 13.8 Å². The molecule has 0 bridgehead atoms. The van der Waals surface area contributed by atoms with Crippen LogP contribution in [0.1, 0.15) is 40.3 Å². The van der Waals surface area contributed by atoms with E-state index in [2.05, 4.69) is 49.4 Å². The Morgan fingerprint density at radius 3 is 2.41 bits per heavy atom. The molecule has 5 rings (SSSR count). The monoisotopic (exact) mass is 532 g/mol. The number of aromatic nitrogens is 3. The zero-order chi connectivity index (χ0) is 26.2. The lowest BCUT2D eigenvalue weighted by atomic mass is 9.96. The summed E-state index contributed by atoms with van der Waals surface area (Å²) in [5.41, 5.74) is 6.87. The van der Waals surface area contributed by atoms with Gasteiger partial charge in [0.2, 0.25) is 10.0 Å². The molecule has 37 heavy (non-hydrogen) atoms. The first-order chi connectivity index (χ1) is 17.7. The highest BCUT2D eigenvalue weighted by Gasteiger charge is 2.42. The summed E-state index contributed by atoms with van der Waals surface area (Å²) in [6, 6.07) is 19.1. The van der Waals surface area contributed by atoms with Crippen LogP contribution in [-0.4, -0.2) is 34.3 Å². The van der Waals surface area contributed by atoms with Gasteiger partial charge in [-0.1, -0.05) is 6.07 Å². The highest BCUT2D eigenvalue weighted by molar-refractivity contribution is 7.92. The van der Waals surface area contributed by atoms with Crippen LogP contribution >= 0.6 is 12.2 Å². The molecule has 4 aromatic rings. The van der Waals surface area contributed by atoms with Crippen molar-refractivity contribution in [1.29, 1.82) is 0 Å². The van der Waals surface area contributed by atoms with E-state index in [0.717, 1.165) is 41.1 Å². The molecular weight excluding hydrogens is 504 g/mol. The number of anilines is 2. The Hall–Kier alpha value is -3.76. The predicted octanol–water partition coefficient (Wildman–Crippen LogP) is 4.49. The number of nitrogens with zero attached hydrogens (tertiary/aromatic N) is 4. The predicted molar refractivity (Wildman–Crippen MR) is 150 cm³/mol. The third-order valence-corrected chi connectivity index (χ3v) is 7.49. The average Bonchev–Trinajstić information content (AvgIpc) is 3.36. The van der Waals surface area contributed by atoms with E-state index in [-0.39, 0.29) is 12.1 Å². The summed E-state index contributed by atoms with van der Waals surface area (Å²) in [7, 11) is -3.37. The first-order valence-electron chi connectivity index (χ1n) is 11.9. The second-order valence-corrected chi connectivity index (χ2v) is 11.3. The van der Waals surface area contributed by atoms with Crippen LogP contribution in [0.5, 0.6) is 0 Å². The molecule has 2 N–H and O–H groups in total. The lowest BCUT2D eigenvalue weighted by molar-refractivity contribution is 0.563. The van der Waals surface area contributed by atoms with Gasteiger partial charge in [-0.3, -0.25) is 14.7 Å². The minimum atomic E-state index is -3.37. The minimum absolute atomic E-state index is 0.159. The Balaban J connectivity index is 1.58. The van der Waals surface area contributed by atoms with Crippen LogP contribution in [0.4, 0.5) is 11.4 Å². The molecule has 1 aliphatic heterocycles. The lowest BCUT2D eigenvalue weighted by Gasteiger charge is -2.28. The van der Waals surface area contributed by atoms with Gasteiger partial charge in [0, 0.05) is 47.9 Å². The summed E-state index contributed by atoms with van der Waals surface area (Å²) in [4.78, 5) is 10.9. The standard InChI is InChI=1S/C27H28N6O2S2/c1-18-16-23(19(2)32(18)17-20-11-14-28-15-12-20)26-25(24-6-4-5-13-29-24)30-27(36)33(26)22-9-7-21(8-10-22)31-37(3,34)35/h4-16,25-26,31H,17H2,1-3H3,(H,30,36)/t25-,26-/m1/s1. The molecule has 0 amide bonds. The Morgan fingerprint density at radius 2 is 1.76 bits per heavy atom. The highest BCUT2D eigenvalue weighted by Crippen LogP contribution is 2.43. The second-order valence-electron chi connectivity index (χ2n) is 9.19. The maximum Gasteiger partial charge on any atom is 0.229 e. The topological polar surface area (TPSA) is 92.2 Å². The summed E-state index contributed by atoms with van der Waals surface area (Å²) in [6.45, 7) is 4.99. The quantitative estimate of drug-likeness (QED) is 0.339. The van der Waals surface area contributed by atoms with Crippen LogP contribution in [-0.2, 0) is 16.6 Å². The molecule has 4 heterocycles. The van der Waals surface area contributed by atoms with Crippen LogP contribution in [0.15, 0.2) is 79.3 Å². The first kappa shape index (κ1) is 24.9. The largest absolute Gasteiger partial charge is 0.351 e. The van der Waals surface area contributed by atoms with Gasteiger partial charge in [-0.05, 0) is 91.8 Å². The summed E-state index contributed by atoms with van der Waals surface area (Å²) in [5.74, 6) is 0. The molecular formula is C27H28N6O2S2. The van der Waals surface area contributed by atoms with E-state index in [1.165, 1.54) is 5.56 Å². The SMILES string of the molecule is Cc1cc([C@@H]2[C@@H](c3ccccn3)NC(=S)N2c2ccc(NS(C)(=O)=O)cc2)c(C)n1Cc1ccncc1. The van der Waals surface area contributed by atoms with Gasteiger partial charge in [-0.2, -0.15) is 0 Å². The number of benzene rings is 1. The van der Waals surface area contributed by atoms with Gasteiger partial charge >= 0.3 is 0 Å². The number of rotatable bonds is 7. The van der Waals surface area contributed by atoms with E-state index in [0.29, 0.717) is 10.8 Å². The van der Waals surface area contributed by atoms with E-state index in [4.69, 9.17) is 12.2 Å². The Bertz CT molecular complexity index is 1520. The van der Waals surface area contributed by atoms with Crippen LogP contribution in [0.25, 0.3) is 0 Å². The fourth-order valence-corrected chi connectivity index (χ4v) is 5.80. The summed E-state index contributed by atoms with van der Waals surface area (Å²) < 4.78 is 28.2. The molecule has 10 heteroatoms. The average molecular weight is 533 g/mol. The number of hydrogen-bond donors (Lipinski definition) is 2. The molecule has 0 aliphatic carbocycles. The van der Waals surface area contributed by atoms with Crippen molar-refractivity contribution in [2.45, 2.75) is 32.5 Å². The smallest absolute Gasteiger partial charge is 0.229 e. The third-order valence-electron chi connectivity index (χ3n) is 6.57. The van der Waals surface area contributed by atoms with Crippen LogP contribution in [0.3, 0.4) is 0 Å². The summed E-state index contributed by atoms with van der Waals surface area (Å²) in [5, 5.41) is 4.08. The van der Waals surface area contributed by atoms with E-state index in [9.17, 15) is 8.42 Å². The fourth-order valence-electron chi connectivity index (χ4n) is 4.89. The molecule has 2 atom stereocenters. The van der Waals surface area contributed by atoms with Crippen LogP contribution in [0.2, 0.25) is 0 Å². The van der Waals surface area contributed by atoms with Crippen molar-refractivity contribution in [2.75, 3.05) is 15.9 Å². The normalized spacial score (nSPS) is 17.6. The van der Waals surface area contributed by atoms with Gasteiger partial charge in [0.05, 0.1) is 24.0 Å². The van der Waals surface area contributed by atoms with E-state index >= 15 is 0 Å². The number of aryl methyl sites for hydroxylation is 1. The van der Waals surface area contributed by atoms with Crippen molar-refractivity contribution >= 4 is 38.7 Å². The molecule has 0 spiro atoms. The number of pyridine rings is 2. The van der Waals surface area contributed by atoms with Gasteiger partial charge in [0.1, 0.15) is 0 Å². The number of nitrogens with one attached hydrogen (secondary N) is 2. The first-order valence-corrected chi connectivity index (χ1v) is 14.2. The van der Waals surface area contributed by atoms with Gasteiger partial charge in [-0.15, -0.1) is 0 Å². The molecule has 8 nitrogen and oxygen atoms in total. The fraction of sp³-hybridized carbons (Fsp3) is 0.222. The molecule has 0 unspecified atom stereocenters. The van der Waals surface area contributed by atoms with Crippen molar-refractivity contribution in [2.24, 2.45) is 0 Å². The molecule has 0 radical (unpaired) electrons. The maximum absolute atomic E-state index is 11.7. The number of hydrogen-bond acceptors (Lipinski definition) is 5. The molecule has 1 aromatic carbocycles. The van der Waals surface area contributed by atoms with Gasteiger partial charge in [-0.25, -0.2) is 8.42 Å².